The lowest BCUT2D eigenvalue weighted by atomic mass is 10.0. The van der Waals surface area contributed by atoms with Gasteiger partial charge in [0.1, 0.15) is 0 Å². The summed E-state index contributed by atoms with van der Waals surface area (Å²) >= 11 is 1.55. The summed E-state index contributed by atoms with van der Waals surface area (Å²) in [7, 11) is 0. The molecule has 194 valence electrons. The average molecular weight is 539 g/mol. The van der Waals surface area contributed by atoms with Gasteiger partial charge in [0.05, 0.1) is 16.8 Å². The molecule has 0 bridgehead atoms. The van der Waals surface area contributed by atoms with Gasteiger partial charge in [-0.15, -0.1) is 0 Å². The highest BCUT2D eigenvalue weighted by molar-refractivity contribution is 7.97. The molecular formula is C25H20F6N4OS. The molecule has 5 nitrogen and oxygen atoms in total. The number of carbonyl (C=O) groups excluding carboxylic acids is 1. The number of nitrogens with two attached hydrogens (primary N) is 1. The number of carbonyl (C=O) groups is 1. The molecule has 1 aliphatic rings. The fraction of sp³-hybridized carbons (Fsp3) is 0.240. The molecule has 1 saturated heterocycles. The Kier molecular flexibility index (Phi) is 7.60. The second-order valence-electron chi connectivity index (χ2n) is 8.28. The highest BCUT2D eigenvalue weighted by Gasteiger charge is 2.37. The van der Waals surface area contributed by atoms with Gasteiger partial charge in [-0.3, -0.25) is 4.79 Å². The summed E-state index contributed by atoms with van der Waals surface area (Å²) in [6.45, 7) is 1.89. The number of amides is 1. The van der Waals surface area contributed by atoms with Gasteiger partial charge < -0.3 is 5.73 Å². The molecule has 4 rings (SSSR count). The van der Waals surface area contributed by atoms with E-state index < -0.39 is 35.0 Å². The van der Waals surface area contributed by atoms with Crippen LogP contribution in [0.5, 0.6) is 0 Å². The number of aromatic nitrogens is 2. The molecule has 1 aliphatic heterocycles. The van der Waals surface area contributed by atoms with Crippen LogP contribution in [0.25, 0.3) is 23.0 Å². The summed E-state index contributed by atoms with van der Waals surface area (Å²) < 4.78 is 81.8. The lowest BCUT2D eigenvalue weighted by molar-refractivity contribution is -0.143. The maximum atomic E-state index is 13.3. The van der Waals surface area contributed by atoms with Gasteiger partial charge in [0.15, 0.2) is 5.82 Å². The van der Waals surface area contributed by atoms with Gasteiger partial charge >= 0.3 is 12.4 Å². The summed E-state index contributed by atoms with van der Waals surface area (Å²) in [5.41, 5.74) is 2.83. The van der Waals surface area contributed by atoms with Crippen molar-refractivity contribution in [3.63, 3.8) is 0 Å². The van der Waals surface area contributed by atoms with Crippen LogP contribution in [0.15, 0.2) is 59.6 Å². The minimum Gasteiger partial charge on any atom is -0.366 e. The Hall–Kier alpha value is -3.38. The zero-order chi connectivity index (χ0) is 26.8. The van der Waals surface area contributed by atoms with E-state index in [1.807, 2.05) is 6.07 Å². The SMILES string of the molecule is NC(=O)/C(=C/c1ccnc(-c2cc(C(F)(F)F)cc(C(F)(F)F)c2)n1)c1cccc(SN2CCCC2)c1. The quantitative estimate of drug-likeness (QED) is 0.226. The van der Waals surface area contributed by atoms with Gasteiger partial charge in [-0.25, -0.2) is 14.3 Å². The van der Waals surface area contributed by atoms with Crippen molar-refractivity contribution in [2.75, 3.05) is 13.1 Å². The zero-order valence-electron chi connectivity index (χ0n) is 19.1. The van der Waals surface area contributed by atoms with Gasteiger partial charge in [0.2, 0.25) is 5.91 Å². The summed E-state index contributed by atoms with van der Waals surface area (Å²) in [5.74, 6) is -1.14. The van der Waals surface area contributed by atoms with Gasteiger partial charge in [-0.2, -0.15) is 26.3 Å². The maximum absolute atomic E-state index is 13.3. The van der Waals surface area contributed by atoms with Crippen molar-refractivity contribution in [2.45, 2.75) is 30.1 Å². The van der Waals surface area contributed by atoms with E-state index in [0.717, 1.165) is 30.8 Å². The third kappa shape index (κ3) is 6.69. The highest BCUT2D eigenvalue weighted by Crippen LogP contribution is 2.38. The van der Waals surface area contributed by atoms with Gasteiger partial charge in [0.25, 0.3) is 0 Å². The Balaban J connectivity index is 1.72. The first kappa shape index (κ1) is 26.7. The van der Waals surface area contributed by atoms with E-state index in [1.165, 1.54) is 18.3 Å². The molecule has 1 aromatic heterocycles. The number of alkyl halides is 6. The third-order valence-corrected chi connectivity index (χ3v) is 6.61. The molecule has 1 fully saturated rings. The number of halogens is 6. The molecule has 0 saturated carbocycles. The number of hydrogen-bond donors (Lipinski definition) is 1. The van der Waals surface area contributed by atoms with E-state index in [1.54, 1.807) is 30.1 Å². The lowest BCUT2D eigenvalue weighted by Crippen LogP contribution is -2.13. The van der Waals surface area contributed by atoms with Crippen LogP contribution in [0.4, 0.5) is 26.3 Å². The molecule has 0 atom stereocenters. The Morgan fingerprint density at radius 1 is 0.946 bits per heavy atom. The molecule has 2 heterocycles. The van der Waals surface area contributed by atoms with Crippen LogP contribution in [0.2, 0.25) is 0 Å². The van der Waals surface area contributed by atoms with E-state index in [2.05, 4.69) is 14.3 Å². The Morgan fingerprint density at radius 3 is 2.19 bits per heavy atom. The fourth-order valence-electron chi connectivity index (χ4n) is 3.77. The molecule has 37 heavy (non-hydrogen) atoms. The molecule has 12 heteroatoms. The predicted octanol–water partition coefficient (Wildman–Crippen LogP) is 6.31. The Bertz CT molecular complexity index is 1300. The Morgan fingerprint density at radius 2 is 1.59 bits per heavy atom. The number of benzene rings is 2. The Labute approximate surface area is 212 Å². The molecule has 3 aromatic rings. The van der Waals surface area contributed by atoms with Crippen LogP contribution in [0, 0.1) is 0 Å². The predicted molar refractivity (Wildman–Crippen MR) is 128 cm³/mol. The van der Waals surface area contributed by atoms with Crippen molar-refractivity contribution < 1.29 is 31.1 Å². The first-order valence-electron chi connectivity index (χ1n) is 11.1. The summed E-state index contributed by atoms with van der Waals surface area (Å²) in [6, 6.07) is 9.60. The van der Waals surface area contributed by atoms with Gasteiger partial charge in [-0.1, -0.05) is 12.1 Å². The van der Waals surface area contributed by atoms with Crippen molar-refractivity contribution in [3.8, 4) is 11.4 Å². The number of nitrogens with zero attached hydrogens (tertiary/aromatic N) is 3. The second kappa shape index (κ2) is 10.5. The van der Waals surface area contributed by atoms with Crippen LogP contribution in [-0.4, -0.2) is 33.3 Å². The second-order valence-corrected chi connectivity index (χ2v) is 9.45. The van der Waals surface area contributed by atoms with E-state index in [9.17, 15) is 31.1 Å². The van der Waals surface area contributed by atoms with Crippen LogP contribution in [0.1, 0.15) is 35.2 Å². The minimum absolute atomic E-state index is 0.0333. The molecule has 0 radical (unpaired) electrons. The van der Waals surface area contributed by atoms with Crippen LogP contribution in [0.3, 0.4) is 0 Å². The van der Waals surface area contributed by atoms with Crippen molar-refractivity contribution in [1.82, 2.24) is 14.3 Å². The first-order chi connectivity index (χ1) is 17.4. The molecular weight excluding hydrogens is 518 g/mol. The van der Waals surface area contributed by atoms with E-state index >= 15 is 0 Å². The van der Waals surface area contributed by atoms with Crippen molar-refractivity contribution in [2.24, 2.45) is 5.73 Å². The van der Waals surface area contributed by atoms with Crippen LogP contribution >= 0.6 is 11.9 Å². The number of rotatable bonds is 6. The van der Waals surface area contributed by atoms with Crippen molar-refractivity contribution in [3.05, 3.63) is 77.1 Å². The molecule has 0 aliphatic carbocycles. The third-order valence-electron chi connectivity index (χ3n) is 5.53. The molecule has 2 aromatic carbocycles. The topological polar surface area (TPSA) is 72.1 Å². The standard InChI is InChI=1S/C25H20F6N4OS/c26-24(27,28)17-10-16(11-18(13-17)25(29,30)31)23-33-7-6-19(34-23)14-21(22(32)36)15-4-3-5-20(12-15)37-35-8-1-2-9-35/h3-7,10-14H,1-2,8-9H2,(H2,32,36)/b21-14+. The van der Waals surface area contributed by atoms with Gasteiger partial charge in [0, 0.05) is 35.3 Å². The maximum Gasteiger partial charge on any atom is 0.416 e. The largest absolute Gasteiger partial charge is 0.416 e. The number of primary amides is 1. The molecule has 1 amide bonds. The van der Waals surface area contributed by atoms with Crippen molar-refractivity contribution in [1.29, 1.82) is 0 Å². The summed E-state index contributed by atoms with van der Waals surface area (Å²) in [4.78, 5) is 21.1. The molecule has 2 N–H and O–H groups in total. The summed E-state index contributed by atoms with van der Waals surface area (Å²) in [5, 5.41) is 0. The van der Waals surface area contributed by atoms with E-state index in [0.29, 0.717) is 17.7 Å². The van der Waals surface area contributed by atoms with Crippen molar-refractivity contribution >= 4 is 29.5 Å². The lowest BCUT2D eigenvalue weighted by Gasteiger charge is -2.14. The molecule has 0 unspecified atom stereocenters. The fourth-order valence-corrected chi connectivity index (χ4v) is 4.83. The minimum atomic E-state index is -5.01. The average Bonchev–Trinajstić information content (AvgIpc) is 3.34. The van der Waals surface area contributed by atoms with Gasteiger partial charge in [-0.05, 0) is 72.8 Å². The smallest absolute Gasteiger partial charge is 0.366 e. The van der Waals surface area contributed by atoms with E-state index in [-0.39, 0.29) is 23.2 Å². The normalized spacial score (nSPS) is 15.2. The monoisotopic (exact) mass is 538 g/mol. The van der Waals surface area contributed by atoms with E-state index in [4.69, 9.17) is 5.73 Å². The van der Waals surface area contributed by atoms with Crippen LogP contribution < -0.4 is 5.73 Å². The number of hydrogen-bond acceptors (Lipinski definition) is 5. The zero-order valence-corrected chi connectivity index (χ0v) is 19.9. The summed E-state index contributed by atoms with van der Waals surface area (Å²) in [6.07, 6.45) is -5.31. The highest BCUT2D eigenvalue weighted by atomic mass is 32.2. The first-order valence-corrected chi connectivity index (χ1v) is 11.9. The molecule has 0 spiro atoms. The van der Waals surface area contributed by atoms with Crippen LogP contribution in [-0.2, 0) is 17.1 Å².